The molecule has 0 heterocycles. The van der Waals surface area contributed by atoms with Gasteiger partial charge in [0, 0.05) is 13.7 Å². The van der Waals surface area contributed by atoms with Gasteiger partial charge in [-0.15, -0.1) is 0 Å². The molecule has 0 radical (unpaired) electrons. The highest BCUT2D eigenvalue weighted by molar-refractivity contribution is 7.89. The van der Waals surface area contributed by atoms with Gasteiger partial charge in [0.1, 0.15) is 4.90 Å². The number of sulfonamides is 1. The number of nitrogens with one attached hydrogen (secondary N) is 1. The molecular formula is C13H20N2O3S. The van der Waals surface area contributed by atoms with Crippen LogP contribution in [0.15, 0.2) is 23.1 Å². The largest absolute Gasteiger partial charge is 0.398 e. The summed E-state index contributed by atoms with van der Waals surface area (Å²) in [6.45, 7) is 2.03. The summed E-state index contributed by atoms with van der Waals surface area (Å²) >= 11 is 0. The summed E-state index contributed by atoms with van der Waals surface area (Å²) in [4.78, 5) is 0.167. The first-order valence-electron chi connectivity index (χ1n) is 6.30. The van der Waals surface area contributed by atoms with Crippen LogP contribution in [-0.4, -0.2) is 27.7 Å². The molecule has 1 aliphatic carbocycles. The van der Waals surface area contributed by atoms with E-state index in [1.165, 1.54) is 0 Å². The first-order valence-corrected chi connectivity index (χ1v) is 7.78. The van der Waals surface area contributed by atoms with Crippen LogP contribution in [0.3, 0.4) is 0 Å². The molecule has 106 valence electrons. The van der Waals surface area contributed by atoms with Crippen molar-refractivity contribution in [3.8, 4) is 0 Å². The molecule has 1 aliphatic rings. The fourth-order valence-corrected chi connectivity index (χ4v) is 3.83. The van der Waals surface area contributed by atoms with Crippen LogP contribution >= 0.6 is 0 Å². The zero-order valence-electron chi connectivity index (χ0n) is 11.3. The maximum Gasteiger partial charge on any atom is 0.242 e. The molecule has 6 heteroatoms. The molecule has 19 heavy (non-hydrogen) atoms. The third kappa shape index (κ3) is 2.75. The minimum atomic E-state index is -3.60. The molecule has 1 saturated carbocycles. The van der Waals surface area contributed by atoms with Crippen LogP contribution in [0.2, 0.25) is 0 Å². The van der Waals surface area contributed by atoms with Gasteiger partial charge >= 0.3 is 0 Å². The molecule has 5 nitrogen and oxygen atoms in total. The van der Waals surface area contributed by atoms with Gasteiger partial charge in [-0.3, -0.25) is 0 Å². The number of benzene rings is 1. The number of ether oxygens (including phenoxy) is 1. The van der Waals surface area contributed by atoms with Gasteiger partial charge in [0.25, 0.3) is 0 Å². The number of aryl methyl sites for hydroxylation is 1. The van der Waals surface area contributed by atoms with Crippen molar-refractivity contribution in [1.82, 2.24) is 4.72 Å². The van der Waals surface area contributed by atoms with Crippen molar-refractivity contribution < 1.29 is 13.2 Å². The quantitative estimate of drug-likeness (QED) is 0.801. The molecule has 3 N–H and O–H groups in total. The first kappa shape index (κ1) is 14.3. The Balaban J connectivity index is 2.19. The number of hydrogen-bond acceptors (Lipinski definition) is 4. The topological polar surface area (TPSA) is 81.4 Å². The first-order chi connectivity index (χ1) is 8.90. The predicted molar refractivity (Wildman–Crippen MR) is 74.4 cm³/mol. The summed E-state index contributed by atoms with van der Waals surface area (Å²) in [7, 11) is -1.98. The average Bonchev–Trinajstić information content (AvgIpc) is 2.27. The number of anilines is 1. The normalized spacial score (nSPS) is 18.0. The Morgan fingerprint density at radius 3 is 2.58 bits per heavy atom. The lowest BCUT2D eigenvalue weighted by Gasteiger charge is -2.40. The second-order valence-corrected chi connectivity index (χ2v) is 6.76. The van der Waals surface area contributed by atoms with Gasteiger partial charge in [0.15, 0.2) is 0 Å². The van der Waals surface area contributed by atoms with Gasteiger partial charge in [-0.2, -0.15) is 0 Å². The van der Waals surface area contributed by atoms with Crippen LogP contribution in [-0.2, 0) is 14.8 Å². The number of nitrogens with two attached hydrogens (primary N) is 1. The van der Waals surface area contributed by atoms with E-state index in [0.717, 1.165) is 19.3 Å². The van der Waals surface area contributed by atoms with E-state index in [4.69, 9.17) is 10.5 Å². The molecule has 0 saturated heterocycles. The van der Waals surface area contributed by atoms with E-state index < -0.39 is 10.0 Å². The SMILES string of the molecule is COC1(CNS(=O)(=O)c2c(C)cccc2N)CCC1. The van der Waals surface area contributed by atoms with Crippen molar-refractivity contribution in [2.75, 3.05) is 19.4 Å². The molecule has 0 bridgehead atoms. The summed E-state index contributed by atoms with van der Waals surface area (Å²) in [6.07, 6.45) is 2.84. The molecule has 0 unspecified atom stereocenters. The summed E-state index contributed by atoms with van der Waals surface area (Å²) in [6, 6.07) is 5.07. The van der Waals surface area contributed by atoms with Crippen molar-refractivity contribution in [2.45, 2.75) is 36.7 Å². The van der Waals surface area contributed by atoms with Gasteiger partial charge in [-0.1, -0.05) is 12.1 Å². The highest BCUT2D eigenvalue weighted by atomic mass is 32.2. The number of rotatable bonds is 5. The Morgan fingerprint density at radius 2 is 2.11 bits per heavy atom. The van der Waals surface area contributed by atoms with E-state index in [-0.39, 0.29) is 16.2 Å². The van der Waals surface area contributed by atoms with E-state index in [0.29, 0.717) is 12.1 Å². The van der Waals surface area contributed by atoms with Crippen LogP contribution in [0, 0.1) is 6.92 Å². The Morgan fingerprint density at radius 1 is 1.42 bits per heavy atom. The molecule has 2 rings (SSSR count). The zero-order chi connectivity index (χ0) is 14.1. The minimum Gasteiger partial charge on any atom is -0.398 e. The second-order valence-electron chi connectivity index (χ2n) is 5.06. The van der Waals surface area contributed by atoms with Gasteiger partial charge in [0.2, 0.25) is 10.0 Å². The van der Waals surface area contributed by atoms with Crippen molar-refractivity contribution in [2.24, 2.45) is 0 Å². The minimum absolute atomic E-state index is 0.167. The molecule has 1 fully saturated rings. The van der Waals surface area contributed by atoms with Crippen LogP contribution in [0.5, 0.6) is 0 Å². The highest BCUT2D eigenvalue weighted by Gasteiger charge is 2.38. The summed E-state index contributed by atoms with van der Waals surface area (Å²) < 4.78 is 32.7. The van der Waals surface area contributed by atoms with E-state index in [1.807, 2.05) is 0 Å². The highest BCUT2D eigenvalue weighted by Crippen LogP contribution is 2.34. The van der Waals surface area contributed by atoms with Crippen molar-refractivity contribution >= 4 is 15.7 Å². The van der Waals surface area contributed by atoms with E-state index >= 15 is 0 Å². The van der Waals surface area contributed by atoms with E-state index in [2.05, 4.69) is 4.72 Å². The summed E-state index contributed by atoms with van der Waals surface area (Å²) in [5.41, 5.74) is 6.35. The lowest BCUT2D eigenvalue weighted by Crippen LogP contribution is -2.49. The van der Waals surface area contributed by atoms with Crippen LogP contribution in [0.4, 0.5) is 5.69 Å². The predicted octanol–water partition coefficient (Wildman–Crippen LogP) is 1.42. The summed E-state index contributed by atoms with van der Waals surface area (Å²) in [5, 5.41) is 0. The molecule has 0 aromatic heterocycles. The maximum absolute atomic E-state index is 12.3. The van der Waals surface area contributed by atoms with Crippen LogP contribution in [0.25, 0.3) is 0 Å². The molecule has 0 aliphatic heterocycles. The fraction of sp³-hybridized carbons (Fsp3) is 0.538. The van der Waals surface area contributed by atoms with Gasteiger partial charge in [-0.25, -0.2) is 13.1 Å². The maximum atomic E-state index is 12.3. The second kappa shape index (κ2) is 5.11. The lowest BCUT2D eigenvalue weighted by molar-refractivity contribution is -0.0659. The Kier molecular flexibility index (Phi) is 3.85. The van der Waals surface area contributed by atoms with Crippen LogP contribution < -0.4 is 10.5 Å². The van der Waals surface area contributed by atoms with Crippen molar-refractivity contribution in [1.29, 1.82) is 0 Å². The lowest BCUT2D eigenvalue weighted by atomic mass is 9.80. The Labute approximate surface area is 114 Å². The monoisotopic (exact) mass is 284 g/mol. The third-order valence-corrected chi connectivity index (χ3v) is 5.41. The van der Waals surface area contributed by atoms with Gasteiger partial charge in [0.05, 0.1) is 11.3 Å². The van der Waals surface area contributed by atoms with E-state index in [1.54, 1.807) is 32.2 Å². The number of methoxy groups -OCH3 is 1. The number of nitrogen functional groups attached to an aromatic ring is 1. The standard InChI is InChI=1S/C13H20N2O3S/c1-10-5-3-6-11(14)12(10)19(16,17)15-9-13(18-2)7-4-8-13/h3,5-6,15H,4,7-9,14H2,1-2H3. The van der Waals surface area contributed by atoms with Gasteiger partial charge in [-0.05, 0) is 37.8 Å². The Hall–Kier alpha value is -1.11. The van der Waals surface area contributed by atoms with Gasteiger partial charge < -0.3 is 10.5 Å². The molecule has 1 aromatic carbocycles. The Bertz CT molecular complexity index is 539. The molecular weight excluding hydrogens is 264 g/mol. The molecule has 0 amide bonds. The smallest absolute Gasteiger partial charge is 0.242 e. The molecule has 0 atom stereocenters. The number of hydrogen-bond donors (Lipinski definition) is 2. The fourth-order valence-electron chi connectivity index (χ4n) is 2.37. The van der Waals surface area contributed by atoms with E-state index in [9.17, 15) is 8.42 Å². The van der Waals surface area contributed by atoms with Crippen molar-refractivity contribution in [3.63, 3.8) is 0 Å². The average molecular weight is 284 g/mol. The van der Waals surface area contributed by atoms with Crippen LogP contribution in [0.1, 0.15) is 24.8 Å². The summed E-state index contributed by atoms with van der Waals surface area (Å²) in [5.74, 6) is 0. The molecule has 0 spiro atoms. The molecule has 1 aromatic rings. The third-order valence-electron chi connectivity index (χ3n) is 3.79. The zero-order valence-corrected chi connectivity index (χ0v) is 12.1. The van der Waals surface area contributed by atoms with Crippen molar-refractivity contribution in [3.05, 3.63) is 23.8 Å².